The molecular weight excluding hydrogens is 290 g/mol. The Morgan fingerprint density at radius 3 is 2.56 bits per heavy atom. The van der Waals surface area contributed by atoms with Crippen LogP contribution in [0.5, 0.6) is 0 Å². The van der Waals surface area contributed by atoms with Gasteiger partial charge in [0.2, 0.25) is 0 Å². The smallest absolute Gasteiger partial charge is 0.153 e. The first-order valence-electron chi connectivity index (χ1n) is 5.66. The van der Waals surface area contributed by atoms with E-state index >= 15 is 0 Å². The van der Waals surface area contributed by atoms with Gasteiger partial charge >= 0.3 is 0 Å². The van der Waals surface area contributed by atoms with Crippen LogP contribution in [-0.4, -0.2) is 9.38 Å². The van der Waals surface area contributed by atoms with E-state index in [1.165, 1.54) is 5.56 Å². The highest BCUT2D eigenvalue weighted by Gasteiger charge is 2.12. The number of benzene rings is 1. The first kappa shape index (κ1) is 11.3. The molecule has 1 aromatic carbocycles. The number of aryl methyl sites for hydroxylation is 1. The van der Waals surface area contributed by atoms with E-state index in [1.807, 2.05) is 34.9 Å². The van der Waals surface area contributed by atoms with Crippen molar-refractivity contribution in [3.8, 4) is 11.3 Å². The van der Waals surface area contributed by atoms with Crippen molar-refractivity contribution >= 4 is 27.4 Å². The standard InChI is InChI=1S/C14H12BrN3/c1-9-4-6-10(7-5-9)12-13(16)18-8-2-3-11(15)14(18)17-12/h2-8H,16H2,1H3. The Kier molecular flexibility index (Phi) is 2.59. The molecule has 0 saturated heterocycles. The minimum absolute atomic E-state index is 0.662. The lowest BCUT2D eigenvalue weighted by Gasteiger charge is -2.00. The van der Waals surface area contributed by atoms with E-state index in [2.05, 4.69) is 40.0 Å². The highest BCUT2D eigenvalue weighted by atomic mass is 79.9. The molecule has 0 saturated carbocycles. The summed E-state index contributed by atoms with van der Waals surface area (Å²) in [5.74, 6) is 0.662. The topological polar surface area (TPSA) is 43.3 Å². The summed E-state index contributed by atoms with van der Waals surface area (Å²) >= 11 is 3.49. The van der Waals surface area contributed by atoms with Gasteiger partial charge in [0.15, 0.2) is 5.65 Å². The van der Waals surface area contributed by atoms with E-state index in [0.29, 0.717) is 5.82 Å². The van der Waals surface area contributed by atoms with Crippen molar-refractivity contribution < 1.29 is 0 Å². The van der Waals surface area contributed by atoms with Crippen LogP contribution in [0, 0.1) is 6.92 Å². The zero-order valence-corrected chi connectivity index (χ0v) is 11.5. The number of hydrogen-bond acceptors (Lipinski definition) is 2. The molecule has 0 unspecified atom stereocenters. The van der Waals surface area contributed by atoms with Crippen LogP contribution >= 0.6 is 15.9 Å². The van der Waals surface area contributed by atoms with Crippen molar-refractivity contribution in [1.29, 1.82) is 0 Å². The third-order valence-electron chi connectivity index (χ3n) is 2.96. The van der Waals surface area contributed by atoms with Crippen LogP contribution in [0.3, 0.4) is 0 Å². The molecule has 3 nitrogen and oxygen atoms in total. The SMILES string of the molecule is Cc1ccc(-c2nc3c(Br)cccn3c2N)cc1. The van der Waals surface area contributed by atoms with E-state index in [-0.39, 0.29) is 0 Å². The van der Waals surface area contributed by atoms with Gasteiger partial charge in [-0.2, -0.15) is 0 Å². The molecule has 0 fully saturated rings. The van der Waals surface area contributed by atoms with Crippen molar-refractivity contribution in [3.63, 3.8) is 0 Å². The van der Waals surface area contributed by atoms with Gasteiger partial charge in [0.1, 0.15) is 11.5 Å². The van der Waals surface area contributed by atoms with Crippen LogP contribution in [0.2, 0.25) is 0 Å². The molecule has 0 atom stereocenters. The average Bonchev–Trinajstić information content (AvgIpc) is 2.70. The van der Waals surface area contributed by atoms with Gasteiger partial charge < -0.3 is 5.73 Å². The molecule has 0 amide bonds. The van der Waals surface area contributed by atoms with Gasteiger partial charge in [-0.15, -0.1) is 0 Å². The normalized spacial score (nSPS) is 11.0. The summed E-state index contributed by atoms with van der Waals surface area (Å²) in [7, 11) is 0. The second-order valence-corrected chi connectivity index (χ2v) is 5.12. The highest BCUT2D eigenvalue weighted by Crippen LogP contribution is 2.29. The lowest BCUT2D eigenvalue weighted by atomic mass is 10.1. The Bertz CT molecular complexity index is 714. The zero-order valence-electron chi connectivity index (χ0n) is 9.89. The van der Waals surface area contributed by atoms with Gasteiger partial charge in [0.05, 0.1) is 4.47 Å². The maximum atomic E-state index is 6.16. The van der Waals surface area contributed by atoms with Crippen LogP contribution in [0.4, 0.5) is 5.82 Å². The van der Waals surface area contributed by atoms with Crippen molar-refractivity contribution in [2.24, 2.45) is 0 Å². The first-order valence-corrected chi connectivity index (χ1v) is 6.45. The number of nitrogens with two attached hydrogens (primary N) is 1. The Morgan fingerprint density at radius 2 is 1.89 bits per heavy atom. The van der Waals surface area contributed by atoms with Gasteiger partial charge in [-0.05, 0) is 35.0 Å². The quantitative estimate of drug-likeness (QED) is 0.745. The molecule has 18 heavy (non-hydrogen) atoms. The van der Waals surface area contributed by atoms with Crippen molar-refractivity contribution in [2.75, 3.05) is 5.73 Å². The number of imidazole rings is 1. The summed E-state index contributed by atoms with van der Waals surface area (Å²) in [6, 6.07) is 12.1. The average molecular weight is 302 g/mol. The van der Waals surface area contributed by atoms with Crippen molar-refractivity contribution in [2.45, 2.75) is 6.92 Å². The molecule has 3 rings (SSSR count). The minimum Gasteiger partial charge on any atom is -0.383 e. The molecule has 0 aliphatic heterocycles. The summed E-state index contributed by atoms with van der Waals surface area (Å²) < 4.78 is 2.83. The lowest BCUT2D eigenvalue weighted by Crippen LogP contribution is -1.93. The van der Waals surface area contributed by atoms with Gasteiger partial charge in [0.25, 0.3) is 0 Å². The summed E-state index contributed by atoms with van der Waals surface area (Å²) in [6.45, 7) is 2.06. The molecule has 90 valence electrons. The number of anilines is 1. The Hall–Kier alpha value is -1.81. The van der Waals surface area contributed by atoms with E-state index < -0.39 is 0 Å². The van der Waals surface area contributed by atoms with Gasteiger partial charge in [-0.1, -0.05) is 29.8 Å². The number of nitrogen functional groups attached to an aromatic ring is 1. The highest BCUT2D eigenvalue weighted by molar-refractivity contribution is 9.10. The summed E-state index contributed by atoms with van der Waals surface area (Å²) in [5.41, 5.74) is 10.1. The van der Waals surface area contributed by atoms with Crippen LogP contribution in [-0.2, 0) is 0 Å². The summed E-state index contributed by atoms with van der Waals surface area (Å²) in [4.78, 5) is 4.60. The second kappa shape index (κ2) is 4.14. The molecule has 2 aromatic heterocycles. The Balaban J connectivity index is 2.27. The van der Waals surface area contributed by atoms with Gasteiger partial charge in [-0.25, -0.2) is 4.98 Å². The lowest BCUT2D eigenvalue weighted by molar-refractivity contribution is 1.19. The number of rotatable bonds is 1. The molecular formula is C14H12BrN3. The minimum atomic E-state index is 0.662. The summed E-state index contributed by atoms with van der Waals surface area (Å²) in [6.07, 6.45) is 1.92. The fourth-order valence-electron chi connectivity index (χ4n) is 1.98. The van der Waals surface area contributed by atoms with Crippen molar-refractivity contribution in [1.82, 2.24) is 9.38 Å². The maximum absolute atomic E-state index is 6.16. The van der Waals surface area contributed by atoms with Crippen LogP contribution < -0.4 is 5.73 Å². The molecule has 0 spiro atoms. The molecule has 3 aromatic rings. The first-order chi connectivity index (χ1) is 8.66. The van der Waals surface area contributed by atoms with E-state index in [0.717, 1.165) is 21.4 Å². The molecule has 0 aliphatic rings. The predicted octanol–water partition coefficient (Wildman–Crippen LogP) is 3.65. The predicted molar refractivity (Wildman–Crippen MR) is 77.5 cm³/mol. The number of hydrogen-bond donors (Lipinski definition) is 1. The third kappa shape index (κ3) is 1.69. The van der Waals surface area contributed by atoms with Crippen LogP contribution in [0.25, 0.3) is 16.9 Å². The largest absolute Gasteiger partial charge is 0.383 e. The van der Waals surface area contributed by atoms with E-state index in [9.17, 15) is 0 Å². The number of nitrogens with zero attached hydrogens (tertiary/aromatic N) is 2. The summed E-state index contributed by atoms with van der Waals surface area (Å²) in [5, 5.41) is 0. The van der Waals surface area contributed by atoms with E-state index in [4.69, 9.17) is 5.73 Å². The number of halogens is 1. The van der Waals surface area contributed by atoms with E-state index in [1.54, 1.807) is 0 Å². The molecule has 0 aliphatic carbocycles. The third-order valence-corrected chi connectivity index (χ3v) is 3.58. The van der Waals surface area contributed by atoms with Gasteiger partial charge in [0, 0.05) is 11.8 Å². The Labute approximate surface area is 113 Å². The maximum Gasteiger partial charge on any atom is 0.153 e. The second-order valence-electron chi connectivity index (χ2n) is 4.26. The number of fused-ring (bicyclic) bond motifs is 1. The van der Waals surface area contributed by atoms with Gasteiger partial charge in [-0.3, -0.25) is 4.40 Å². The molecule has 2 N–H and O–H groups in total. The fourth-order valence-corrected chi connectivity index (χ4v) is 2.41. The molecule has 0 radical (unpaired) electrons. The van der Waals surface area contributed by atoms with Crippen molar-refractivity contribution in [3.05, 3.63) is 52.6 Å². The molecule has 0 bridgehead atoms. The number of aromatic nitrogens is 2. The fraction of sp³-hybridized carbons (Fsp3) is 0.0714. The molecule has 4 heteroatoms. The number of pyridine rings is 1. The monoisotopic (exact) mass is 301 g/mol. The Morgan fingerprint density at radius 1 is 1.17 bits per heavy atom. The van der Waals surface area contributed by atoms with Crippen LogP contribution in [0.1, 0.15) is 5.56 Å². The molecule has 2 heterocycles. The van der Waals surface area contributed by atoms with Crippen LogP contribution in [0.15, 0.2) is 47.1 Å². The zero-order chi connectivity index (χ0) is 12.7.